The van der Waals surface area contributed by atoms with Gasteiger partial charge in [0.1, 0.15) is 55.4 Å². The normalized spacial score (nSPS) is 44.3. The third kappa shape index (κ3) is 5.16. The van der Waals surface area contributed by atoms with Crippen molar-refractivity contribution in [2.75, 3.05) is 13.2 Å². The molecule has 2 heterocycles. The molecule has 10 atom stereocenters. The summed E-state index contributed by atoms with van der Waals surface area (Å²) in [6, 6.07) is 0. The van der Waals surface area contributed by atoms with Crippen LogP contribution in [0.15, 0.2) is 0 Å². The molecular formula is C16H28O12. The standard InChI is InChI=1S/C16H28O12/c1-2-3-8(18)25-5-7-14(11(21)12(22)15(24)26-7)28-16-13(23)10(20)9(19)6(4-17)27-16/h6-7,9-17,19-24H,2-5H2,1H3. The first kappa shape index (κ1) is 23.3. The van der Waals surface area contributed by atoms with Crippen LogP contribution in [0.3, 0.4) is 0 Å². The molecule has 0 spiro atoms. The van der Waals surface area contributed by atoms with Crippen LogP contribution in [0, 0.1) is 0 Å². The van der Waals surface area contributed by atoms with Gasteiger partial charge in [-0.25, -0.2) is 0 Å². The molecule has 0 aromatic heterocycles. The van der Waals surface area contributed by atoms with E-state index in [0.29, 0.717) is 6.42 Å². The van der Waals surface area contributed by atoms with E-state index in [1.807, 2.05) is 0 Å². The van der Waals surface area contributed by atoms with Gasteiger partial charge in [0, 0.05) is 6.42 Å². The summed E-state index contributed by atoms with van der Waals surface area (Å²) in [7, 11) is 0. The molecule has 2 aliphatic rings. The topological polar surface area (TPSA) is 196 Å². The van der Waals surface area contributed by atoms with Crippen LogP contribution in [-0.4, -0.2) is 116 Å². The second kappa shape index (κ2) is 10.2. The lowest BCUT2D eigenvalue weighted by atomic mass is 9.97. The molecule has 2 fully saturated rings. The number of ether oxygens (including phenoxy) is 4. The number of rotatable bonds is 7. The molecule has 10 unspecified atom stereocenters. The number of aliphatic hydroxyl groups excluding tert-OH is 7. The third-order valence-corrected chi connectivity index (χ3v) is 4.66. The van der Waals surface area contributed by atoms with Crippen molar-refractivity contribution in [1.82, 2.24) is 0 Å². The fourth-order valence-corrected chi connectivity index (χ4v) is 3.01. The highest BCUT2D eigenvalue weighted by atomic mass is 16.7. The van der Waals surface area contributed by atoms with Crippen LogP contribution >= 0.6 is 0 Å². The fraction of sp³-hybridized carbons (Fsp3) is 0.938. The highest BCUT2D eigenvalue weighted by Crippen LogP contribution is 2.28. The molecule has 12 nitrogen and oxygen atoms in total. The van der Waals surface area contributed by atoms with Crippen molar-refractivity contribution in [3.05, 3.63) is 0 Å². The first-order valence-corrected chi connectivity index (χ1v) is 9.02. The Balaban J connectivity index is 2.11. The summed E-state index contributed by atoms with van der Waals surface area (Å²) in [5, 5.41) is 68.7. The zero-order valence-electron chi connectivity index (χ0n) is 15.3. The van der Waals surface area contributed by atoms with E-state index >= 15 is 0 Å². The summed E-state index contributed by atoms with van der Waals surface area (Å²) in [6.07, 6.45) is -15.2. The molecule has 0 radical (unpaired) electrons. The quantitative estimate of drug-likeness (QED) is 0.200. The minimum atomic E-state index is -1.78. The Morgan fingerprint density at radius 2 is 1.57 bits per heavy atom. The van der Waals surface area contributed by atoms with E-state index in [0.717, 1.165) is 0 Å². The Morgan fingerprint density at radius 3 is 2.18 bits per heavy atom. The lowest BCUT2D eigenvalue weighted by molar-refractivity contribution is -0.355. The maximum atomic E-state index is 11.6. The smallest absolute Gasteiger partial charge is 0.305 e. The van der Waals surface area contributed by atoms with Crippen molar-refractivity contribution in [2.24, 2.45) is 0 Å². The van der Waals surface area contributed by atoms with Gasteiger partial charge in [-0.1, -0.05) is 6.92 Å². The average molecular weight is 412 g/mol. The summed E-state index contributed by atoms with van der Waals surface area (Å²) in [5.74, 6) is -0.548. The maximum Gasteiger partial charge on any atom is 0.305 e. The maximum absolute atomic E-state index is 11.6. The van der Waals surface area contributed by atoms with E-state index in [4.69, 9.17) is 18.9 Å². The molecule has 28 heavy (non-hydrogen) atoms. The van der Waals surface area contributed by atoms with Crippen molar-refractivity contribution >= 4 is 5.97 Å². The van der Waals surface area contributed by atoms with Gasteiger partial charge in [-0.15, -0.1) is 0 Å². The summed E-state index contributed by atoms with van der Waals surface area (Å²) in [5.41, 5.74) is 0. The van der Waals surface area contributed by atoms with E-state index in [-0.39, 0.29) is 6.42 Å². The van der Waals surface area contributed by atoms with E-state index in [1.54, 1.807) is 6.92 Å². The van der Waals surface area contributed by atoms with Crippen LogP contribution in [0.25, 0.3) is 0 Å². The molecular weight excluding hydrogens is 384 g/mol. The highest BCUT2D eigenvalue weighted by molar-refractivity contribution is 5.69. The van der Waals surface area contributed by atoms with Crippen LogP contribution in [-0.2, 0) is 23.7 Å². The predicted molar refractivity (Wildman–Crippen MR) is 87.4 cm³/mol. The van der Waals surface area contributed by atoms with Crippen molar-refractivity contribution in [2.45, 2.75) is 81.2 Å². The van der Waals surface area contributed by atoms with Crippen LogP contribution < -0.4 is 0 Å². The Kier molecular flexibility index (Phi) is 8.51. The second-order valence-electron chi connectivity index (χ2n) is 6.78. The molecule has 2 saturated heterocycles. The fourth-order valence-electron chi connectivity index (χ4n) is 3.01. The molecule has 0 bridgehead atoms. The lowest BCUT2D eigenvalue weighted by Crippen LogP contribution is -2.64. The molecule has 0 aromatic carbocycles. The zero-order chi connectivity index (χ0) is 21.0. The molecule has 0 amide bonds. The SMILES string of the molecule is CCCC(=O)OCC1OC(O)C(O)C(O)C1OC1OC(CO)C(O)C(O)C1O. The van der Waals surface area contributed by atoms with Gasteiger partial charge in [-0.3, -0.25) is 4.79 Å². The van der Waals surface area contributed by atoms with Crippen LogP contribution in [0.1, 0.15) is 19.8 Å². The van der Waals surface area contributed by atoms with Gasteiger partial charge < -0.3 is 54.7 Å². The molecule has 0 aromatic rings. The number of hydrogen-bond donors (Lipinski definition) is 7. The third-order valence-electron chi connectivity index (χ3n) is 4.66. The monoisotopic (exact) mass is 412 g/mol. The summed E-state index contributed by atoms with van der Waals surface area (Å²) >= 11 is 0. The zero-order valence-corrected chi connectivity index (χ0v) is 15.3. The van der Waals surface area contributed by atoms with Gasteiger partial charge in [0.2, 0.25) is 0 Å². The van der Waals surface area contributed by atoms with Gasteiger partial charge in [0.05, 0.1) is 6.61 Å². The largest absolute Gasteiger partial charge is 0.463 e. The van der Waals surface area contributed by atoms with Crippen molar-refractivity contribution in [3.8, 4) is 0 Å². The molecule has 0 saturated carbocycles. The number of carbonyl (C=O) groups excluding carboxylic acids is 1. The van der Waals surface area contributed by atoms with Crippen molar-refractivity contribution in [1.29, 1.82) is 0 Å². The minimum absolute atomic E-state index is 0.138. The van der Waals surface area contributed by atoms with E-state index in [2.05, 4.69) is 0 Å². The van der Waals surface area contributed by atoms with E-state index in [9.17, 15) is 40.5 Å². The lowest BCUT2D eigenvalue weighted by Gasteiger charge is -2.45. The van der Waals surface area contributed by atoms with Crippen LogP contribution in [0.5, 0.6) is 0 Å². The number of aliphatic hydroxyl groups is 7. The Morgan fingerprint density at radius 1 is 0.893 bits per heavy atom. The first-order chi connectivity index (χ1) is 13.2. The van der Waals surface area contributed by atoms with Crippen LogP contribution in [0.4, 0.5) is 0 Å². The predicted octanol–water partition coefficient (Wildman–Crippen LogP) is -4.05. The molecule has 2 rings (SSSR count). The Labute approximate surface area is 160 Å². The summed E-state index contributed by atoms with van der Waals surface area (Å²) in [4.78, 5) is 11.6. The first-order valence-electron chi connectivity index (χ1n) is 9.02. The Hall–Kier alpha value is -0.930. The highest BCUT2D eigenvalue weighted by Gasteiger charge is 2.50. The molecule has 12 heteroatoms. The van der Waals surface area contributed by atoms with E-state index in [1.165, 1.54) is 0 Å². The van der Waals surface area contributed by atoms with Crippen molar-refractivity contribution in [3.63, 3.8) is 0 Å². The van der Waals surface area contributed by atoms with Gasteiger partial charge in [-0.05, 0) is 6.42 Å². The van der Waals surface area contributed by atoms with Crippen LogP contribution in [0.2, 0.25) is 0 Å². The summed E-state index contributed by atoms with van der Waals surface area (Å²) in [6.45, 7) is 0.656. The number of carbonyl (C=O) groups is 1. The van der Waals surface area contributed by atoms with E-state index < -0.39 is 80.6 Å². The van der Waals surface area contributed by atoms with Gasteiger partial charge in [0.15, 0.2) is 12.6 Å². The Bertz CT molecular complexity index is 502. The molecule has 0 aliphatic carbocycles. The average Bonchev–Trinajstić information content (AvgIpc) is 2.67. The van der Waals surface area contributed by atoms with Gasteiger partial charge >= 0.3 is 5.97 Å². The molecule has 7 N–H and O–H groups in total. The number of esters is 1. The molecule has 2 aliphatic heterocycles. The van der Waals surface area contributed by atoms with Crippen molar-refractivity contribution < 1.29 is 59.5 Å². The molecule has 164 valence electrons. The second-order valence-corrected chi connectivity index (χ2v) is 6.78. The van der Waals surface area contributed by atoms with Gasteiger partial charge in [0.25, 0.3) is 0 Å². The number of hydrogen-bond acceptors (Lipinski definition) is 12. The summed E-state index contributed by atoms with van der Waals surface area (Å²) < 4.78 is 20.8. The van der Waals surface area contributed by atoms with Gasteiger partial charge in [-0.2, -0.15) is 0 Å². The minimum Gasteiger partial charge on any atom is -0.463 e.